The van der Waals surface area contributed by atoms with E-state index in [2.05, 4.69) is 5.32 Å². The Bertz CT molecular complexity index is 876. The quantitative estimate of drug-likeness (QED) is 0.665. The monoisotopic (exact) mass is 397 g/mol. The van der Waals surface area contributed by atoms with Crippen LogP contribution in [-0.2, 0) is 17.6 Å². The van der Waals surface area contributed by atoms with Crippen molar-refractivity contribution in [3.63, 3.8) is 0 Å². The fourth-order valence-corrected chi connectivity index (χ4v) is 3.36. The number of amides is 1. The highest BCUT2D eigenvalue weighted by Gasteiger charge is 2.31. The summed E-state index contributed by atoms with van der Waals surface area (Å²) in [5.74, 6) is -0.253. The molecule has 6 heteroatoms. The Labute approximate surface area is 170 Å². The van der Waals surface area contributed by atoms with Gasteiger partial charge in [-0.1, -0.05) is 24.3 Å². The minimum atomic E-state index is -1.37. The molecule has 154 valence electrons. The maximum Gasteiger partial charge on any atom is 0.328 e. The number of aryl methyl sites for hydroxylation is 1. The molecule has 2 aromatic carbocycles. The van der Waals surface area contributed by atoms with Gasteiger partial charge >= 0.3 is 5.97 Å². The fourth-order valence-electron chi connectivity index (χ4n) is 3.36. The van der Waals surface area contributed by atoms with Gasteiger partial charge in [0.15, 0.2) is 0 Å². The van der Waals surface area contributed by atoms with Crippen LogP contribution in [0.1, 0.15) is 48.2 Å². The number of para-hydroxylation sites is 1. The molecule has 0 aromatic heterocycles. The van der Waals surface area contributed by atoms with Crippen LogP contribution < -0.4 is 14.8 Å². The number of fused-ring (bicyclic) bond motifs is 1. The SMILES string of the molecule is CC(C)(NC(=O)c1ccc2c(c1OCCOc1ccccc1)CCCC2)C(=O)O. The summed E-state index contributed by atoms with van der Waals surface area (Å²) in [6.07, 6.45) is 3.94. The molecule has 0 spiro atoms. The van der Waals surface area contributed by atoms with Crippen molar-refractivity contribution in [1.29, 1.82) is 0 Å². The summed E-state index contributed by atoms with van der Waals surface area (Å²) < 4.78 is 11.7. The molecule has 3 rings (SSSR count). The highest BCUT2D eigenvalue weighted by Crippen LogP contribution is 2.33. The van der Waals surface area contributed by atoms with E-state index in [4.69, 9.17) is 9.47 Å². The average molecular weight is 397 g/mol. The van der Waals surface area contributed by atoms with Gasteiger partial charge in [-0.25, -0.2) is 4.79 Å². The summed E-state index contributed by atoms with van der Waals surface area (Å²) in [5.41, 5.74) is 1.21. The first-order chi connectivity index (χ1) is 13.9. The van der Waals surface area contributed by atoms with E-state index < -0.39 is 17.4 Å². The summed E-state index contributed by atoms with van der Waals surface area (Å²) in [5, 5.41) is 11.9. The van der Waals surface area contributed by atoms with Crippen molar-refractivity contribution in [1.82, 2.24) is 5.32 Å². The Balaban J connectivity index is 1.77. The molecule has 1 aliphatic carbocycles. The number of hydrogen-bond acceptors (Lipinski definition) is 4. The second-order valence-corrected chi connectivity index (χ2v) is 7.68. The van der Waals surface area contributed by atoms with Gasteiger partial charge in [0.05, 0.1) is 5.56 Å². The number of aliphatic carboxylic acids is 1. The second kappa shape index (κ2) is 8.99. The van der Waals surface area contributed by atoms with Gasteiger partial charge in [0.1, 0.15) is 30.3 Å². The van der Waals surface area contributed by atoms with Gasteiger partial charge in [-0.2, -0.15) is 0 Å². The van der Waals surface area contributed by atoms with Gasteiger partial charge in [-0.05, 0) is 68.9 Å². The number of ether oxygens (including phenoxy) is 2. The third-order valence-corrected chi connectivity index (χ3v) is 5.03. The summed E-state index contributed by atoms with van der Waals surface area (Å²) in [6.45, 7) is 3.54. The zero-order valence-electron chi connectivity index (χ0n) is 16.9. The Morgan fingerprint density at radius 3 is 2.41 bits per heavy atom. The van der Waals surface area contributed by atoms with Gasteiger partial charge < -0.3 is 19.9 Å². The largest absolute Gasteiger partial charge is 0.490 e. The molecule has 0 saturated carbocycles. The van der Waals surface area contributed by atoms with E-state index in [1.54, 1.807) is 6.07 Å². The predicted molar refractivity (Wildman–Crippen MR) is 110 cm³/mol. The molecule has 0 bridgehead atoms. The van der Waals surface area contributed by atoms with Crippen LogP contribution in [-0.4, -0.2) is 35.7 Å². The fraction of sp³-hybridized carbons (Fsp3) is 0.391. The number of rotatable bonds is 8. The van der Waals surface area contributed by atoms with E-state index in [0.29, 0.717) is 17.9 Å². The molecule has 0 unspecified atom stereocenters. The number of carboxylic acid groups (broad SMARTS) is 1. The Hall–Kier alpha value is -3.02. The minimum Gasteiger partial charge on any atom is -0.490 e. The Morgan fingerprint density at radius 1 is 1.00 bits per heavy atom. The topological polar surface area (TPSA) is 84.9 Å². The third kappa shape index (κ3) is 5.08. The number of carbonyl (C=O) groups excluding carboxylic acids is 1. The molecule has 0 atom stereocenters. The number of nitrogens with one attached hydrogen (secondary N) is 1. The predicted octanol–water partition coefficient (Wildman–Crippen LogP) is 3.62. The van der Waals surface area contributed by atoms with Crippen molar-refractivity contribution in [2.75, 3.05) is 13.2 Å². The van der Waals surface area contributed by atoms with Gasteiger partial charge in [0.2, 0.25) is 0 Å². The molecule has 29 heavy (non-hydrogen) atoms. The van der Waals surface area contributed by atoms with E-state index in [-0.39, 0.29) is 6.61 Å². The Kier molecular flexibility index (Phi) is 6.42. The molecule has 0 radical (unpaired) electrons. The van der Waals surface area contributed by atoms with Crippen LogP contribution in [0.5, 0.6) is 11.5 Å². The first kappa shape index (κ1) is 20.7. The standard InChI is InChI=1S/C23H27NO5/c1-23(2,22(26)27)24-21(25)19-13-12-16-8-6-7-11-18(16)20(19)29-15-14-28-17-9-4-3-5-10-17/h3-5,9-10,12-13H,6-8,11,14-15H2,1-2H3,(H,24,25)(H,26,27). The van der Waals surface area contributed by atoms with Gasteiger partial charge in [-0.3, -0.25) is 4.79 Å². The molecule has 1 amide bonds. The lowest BCUT2D eigenvalue weighted by molar-refractivity contribution is -0.143. The number of benzene rings is 2. The Morgan fingerprint density at radius 2 is 1.69 bits per heavy atom. The first-order valence-corrected chi connectivity index (χ1v) is 9.90. The zero-order valence-corrected chi connectivity index (χ0v) is 16.9. The summed E-state index contributed by atoms with van der Waals surface area (Å²) >= 11 is 0. The minimum absolute atomic E-state index is 0.286. The molecule has 1 aliphatic rings. The van der Waals surface area contributed by atoms with Crippen LogP contribution in [0.15, 0.2) is 42.5 Å². The first-order valence-electron chi connectivity index (χ1n) is 9.90. The molecular weight excluding hydrogens is 370 g/mol. The second-order valence-electron chi connectivity index (χ2n) is 7.68. The number of carboxylic acids is 1. The van der Waals surface area contributed by atoms with E-state index >= 15 is 0 Å². The molecular formula is C23H27NO5. The highest BCUT2D eigenvalue weighted by molar-refractivity contribution is 6.00. The van der Waals surface area contributed by atoms with Crippen LogP contribution in [0.25, 0.3) is 0 Å². The normalized spacial score (nSPS) is 13.3. The summed E-state index contributed by atoms with van der Waals surface area (Å²) in [6, 6.07) is 13.1. The van der Waals surface area contributed by atoms with Crippen molar-refractivity contribution >= 4 is 11.9 Å². The van der Waals surface area contributed by atoms with Crippen molar-refractivity contribution in [3.05, 3.63) is 59.2 Å². The molecule has 0 fully saturated rings. The zero-order chi connectivity index (χ0) is 20.9. The lowest BCUT2D eigenvalue weighted by Crippen LogP contribution is -2.49. The molecule has 2 aromatic rings. The third-order valence-electron chi connectivity index (χ3n) is 5.03. The van der Waals surface area contributed by atoms with Crippen molar-refractivity contribution in [2.45, 2.75) is 45.1 Å². The van der Waals surface area contributed by atoms with Crippen LogP contribution in [0, 0.1) is 0 Å². The van der Waals surface area contributed by atoms with Crippen LogP contribution >= 0.6 is 0 Å². The van der Waals surface area contributed by atoms with E-state index in [1.807, 2.05) is 36.4 Å². The van der Waals surface area contributed by atoms with Gasteiger partial charge in [0, 0.05) is 0 Å². The van der Waals surface area contributed by atoms with E-state index in [9.17, 15) is 14.7 Å². The summed E-state index contributed by atoms with van der Waals surface area (Å²) in [4.78, 5) is 24.2. The lowest BCUT2D eigenvalue weighted by atomic mass is 9.89. The molecule has 0 heterocycles. The van der Waals surface area contributed by atoms with E-state index in [1.165, 1.54) is 19.4 Å². The van der Waals surface area contributed by atoms with Crippen LogP contribution in [0.3, 0.4) is 0 Å². The number of carbonyl (C=O) groups is 2. The molecule has 6 nitrogen and oxygen atoms in total. The van der Waals surface area contributed by atoms with Gasteiger partial charge in [0.25, 0.3) is 5.91 Å². The average Bonchev–Trinajstić information content (AvgIpc) is 2.71. The van der Waals surface area contributed by atoms with Crippen molar-refractivity contribution in [3.8, 4) is 11.5 Å². The van der Waals surface area contributed by atoms with Crippen LogP contribution in [0.2, 0.25) is 0 Å². The maximum atomic E-state index is 12.8. The molecule has 0 aliphatic heterocycles. The summed E-state index contributed by atoms with van der Waals surface area (Å²) in [7, 11) is 0. The van der Waals surface area contributed by atoms with Crippen molar-refractivity contribution in [2.24, 2.45) is 0 Å². The highest BCUT2D eigenvalue weighted by atomic mass is 16.5. The molecule has 0 saturated heterocycles. The number of hydrogen-bond donors (Lipinski definition) is 2. The van der Waals surface area contributed by atoms with Gasteiger partial charge in [-0.15, -0.1) is 0 Å². The smallest absolute Gasteiger partial charge is 0.328 e. The van der Waals surface area contributed by atoms with E-state index in [0.717, 1.165) is 37.0 Å². The van der Waals surface area contributed by atoms with Crippen molar-refractivity contribution < 1.29 is 24.2 Å². The maximum absolute atomic E-state index is 12.8. The molecule has 2 N–H and O–H groups in total. The lowest BCUT2D eigenvalue weighted by Gasteiger charge is -2.25. The van der Waals surface area contributed by atoms with Crippen LogP contribution in [0.4, 0.5) is 0 Å².